The van der Waals surface area contributed by atoms with Crippen molar-refractivity contribution in [1.29, 1.82) is 0 Å². The maximum Gasteiger partial charge on any atom is 0.272 e. The predicted molar refractivity (Wildman–Crippen MR) is 108 cm³/mol. The molecule has 1 N–H and O–H groups in total. The normalized spacial score (nSPS) is 14.2. The average molecular weight is 361 g/mol. The van der Waals surface area contributed by atoms with Gasteiger partial charge in [-0.25, -0.2) is 0 Å². The molecule has 2 aromatic carbocycles. The lowest BCUT2D eigenvalue weighted by molar-refractivity contribution is -0.117. The highest BCUT2D eigenvalue weighted by molar-refractivity contribution is 6.06. The third kappa shape index (κ3) is 3.10. The number of aromatic nitrogens is 1. The van der Waals surface area contributed by atoms with Gasteiger partial charge in [-0.3, -0.25) is 9.59 Å². The van der Waals surface area contributed by atoms with Crippen LogP contribution in [0.25, 0.3) is 10.9 Å². The number of carbonyl (C=O) groups is 2. The van der Waals surface area contributed by atoms with Crippen LogP contribution in [0, 0.1) is 13.8 Å². The highest BCUT2D eigenvalue weighted by Crippen LogP contribution is 2.28. The van der Waals surface area contributed by atoms with Crippen LogP contribution in [0.15, 0.2) is 42.5 Å². The van der Waals surface area contributed by atoms with Crippen molar-refractivity contribution in [3.8, 4) is 0 Å². The number of nitrogens with zero attached hydrogens (tertiary/aromatic N) is 2. The fraction of sp³-hybridized carbons (Fsp3) is 0.273. The topological polar surface area (TPSA) is 54.3 Å². The second kappa shape index (κ2) is 6.58. The van der Waals surface area contributed by atoms with Crippen molar-refractivity contribution in [2.24, 2.45) is 7.05 Å². The van der Waals surface area contributed by atoms with Crippen LogP contribution >= 0.6 is 0 Å². The summed E-state index contributed by atoms with van der Waals surface area (Å²) < 4.78 is 1.91. The summed E-state index contributed by atoms with van der Waals surface area (Å²) in [5.74, 6) is 0.0245. The molecule has 1 aromatic heterocycles. The van der Waals surface area contributed by atoms with Crippen LogP contribution in [0.2, 0.25) is 0 Å². The number of fused-ring (bicyclic) bond motifs is 1. The summed E-state index contributed by atoms with van der Waals surface area (Å²) in [6.45, 7) is 4.78. The standard InChI is InChI=1S/C22H23N3O2/c1-14-6-8-19-16(11-14)13-20(24(19)3)22(27)23-17-7-9-18(15(2)12-17)25-10-4-5-21(25)26/h6-9,11-13H,4-5,10H2,1-3H3,(H,23,27). The second-order valence-corrected chi connectivity index (χ2v) is 7.26. The second-order valence-electron chi connectivity index (χ2n) is 7.26. The highest BCUT2D eigenvalue weighted by Gasteiger charge is 2.23. The van der Waals surface area contributed by atoms with Gasteiger partial charge in [-0.15, -0.1) is 0 Å². The van der Waals surface area contributed by atoms with Crippen LogP contribution in [-0.2, 0) is 11.8 Å². The van der Waals surface area contributed by atoms with Crippen molar-refractivity contribution >= 4 is 34.1 Å². The number of carbonyl (C=O) groups excluding carboxylic acids is 2. The van der Waals surface area contributed by atoms with Gasteiger partial charge in [-0.05, 0) is 62.2 Å². The third-order valence-corrected chi connectivity index (χ3v) is 5.25. The van der Waals surface area contributed by atoms with Gasteiger partial charge in [0.2, 0.25) is 5.91 Å². The van der Waals surface area contributed by atoms with Crippen LogP contribution in [-0.4, -0.2) is 22.9 Å². The Morgan fingerprint density at radius 2 is 1.89 bits per heavy atom. The van der Waals surface area contributed by atoms with Crippen molar-refractivity contribution in [3.05, 3.63) is 59.3 Å². The largest absolute Gasteiger partial charge is 0.340 e. The van der Waals surface area contributed by atoms with Crippen LogP contribution in [0.3, 0.4) is 0 Å². The summed E-state index contributed by atoms with van der Waals surface area (Å²) in [6, 6.07) is 13.8. The summed E-state index contributed by atoms with van der Waals surface area (Å²) in [4.78, 5) is 26.6. The van der Waals surface area contributed by atoms with E-state index < -0.39 is 0 Å². The van der Waals surface area contributed by atoms with E-state index in [0.717, 1.165) is 40.8 Å². The first-order chi connectivity index (χ1) is 12.9. The lowest BCUT2D eigenvalue weighted by Crippen LogP contribution is -2.24. The molecule has 0 spiro atoms. The predicted octanol–water partition coefficient (Wildman–Crippen LogP) is 4.17. The molecule has 1 aliphatic heterocycles. The Bertz CT molecular complexity index is 1060. The molecule has 5 heteroatoms. The van der Waals surface area contributed by atoms with Crippen molar-refractivity contribution < 1.29 is 9.59 Å². The molecule has 1 fully saturated rings. The molecule has 0 unspecified atom stereocenters. The minimum atomic E-state index is -0.143. The summed E-state index contributed by atoms with van der Waals surface area (Å²) in [6.07, 6.45) is 1.51. The molecule has 1 aliphatic rings. The van der Waals surface area contributed by atoms with Gasteiger partial charge in [0.1, 0.15) is 5.69 Å². The van der Waals surface area contributed by atoms with Gasteiger partial charge in [0, 0.05) is 42.3 Å². The lowest BCUT2D eigenvalue weighted by Gasteiger charge is -2.19. The van der Waals surface area contributed by atoms with Crippen molar-refractivity contribution in [3.63, 3.8) is 0 Å². The van der Waals surface area contributed by atoms with Crippen molar-refractivity contribution in [2.45, 2.75) is 26.7 Å². The zero-order valence-electron chi connectivity index (χ0n) is 15.9. The van der Waals surface area contributed by atoms with Crippen LogP contribution in [0.5, 0.6) is 0 Å². The summed E-state index contributed by atoms with van der Waals surface area (Å²) >= 11 is 0. The van der Waals surface area contributed by atoms with Gasteiger partial charge < -0.3 is 14.8 Å². The zero-order valence-corrected chi connectivity index (χ0v) is 15.9. The van der Waals surface area contributed by atoms with Gasteiger partial charge in [-0.1, -0.05) is 11.6 Å². The summed E-state index contributed by atoms with van der Waals surface area (Å²) in [5.41, 5.74) is 5.46. The van der Waals surface area contributed by atoms with Crippen molar-refractivity contribution in [1.82, 2.24) is 4.57 Å². The van der Waals surface area contributed by atoms with E-state index in [1.54, 1.807) is 0 Å². The lowest BCUT2D eigenvalue weighted by atomic mass is 10.1. The number of aryl methyl sites for hydroxylation is 3. The first-order valence-corrected chi connectivity index (χ1v) is 9.22. The van der Waals surface area contributed by atoms with Gasteiger partial charge in [-0.2, -0.15) is 0 Å². The molecule has 138 valence electrons. The van der Waals surface area contributed by atoms with E-state index in [4.69, 9.17) is 0 Å². The van der Waals surface area contributed by atoms with Gasteiger partial charge in [0.25, 0.3) is 5.91 Å². The van der Waals surface area contributed by atoms with E-state index in [1.165, 1.54) is 5.56 Å². The summed E-state index contributed by atoms with van der Waals surface area (Å²) in [5, 5.41) is 4.04. The van der Waals surface area contributed by atoms with Crippen molar-refractivity contribution in [2.75, 3.05) is 16.8 Å². The van der Waals surface area contributed by atoms with E-state index in [9.17, 15) is 9.59 Å². The molecule has 0 saturated carbocycles. The number of rotatable bonds is 3. The maximum absolute atomic E-state index is 12.8. The van der Waals surface area contributed by atoms with E-state index in [-0.39, 0.29) is 11.8 Å². The monoisotopic (exact) mass is 361 g/mol. The van der Waals surface area contributed by atoms with E-state index in [0.29, 0.717) is 12.1 Å². The van der Waals surface area contributed by atoms with Crippen LogP contribution < -0.4 is 10.2 Å². The van der Waals surface area contributed by atoms with Gasteiger partial charge in [0.05, 0.1) is 0 Å². The quantitative estimate of drug-likeness (QED) is 0.761. The van der Waals surface area contributed by atoms with Crippen LogP contribution in [0.1, 0.15) is 34.5 Å². The number of hydrogen-bond donors (Lipinski definition) is 1. The molecule has 27 heavy (non-hydrogen) atoms. The van der Waals surface area contributed by atoms with E-state index in [2.05, 4.69) is 11.4 Å². The van der Waals surface area contributed by atoms with Crippen LogP contribution in [0.4, 0.5) is 11.4 Å². The molecule has 4 rings (SSSR count). The molecule has 2 heterocycles. The van der Waals surface area contributed by atoms with E-state index >= 15 is 0 Å². The Morgan fingerprint density at radius 3 is 2.59 bits per heavy atom. The number of nitrogens with one attached hydrogen (secondary N) is 1. The molecular formula is C22H23N3O2. The molecular weight excluding hydrogens is 338 g/mol. The maximum atomic E-state index is 12.8. The first kappa shape index (κ1) is 17.3. The number of anilines is 2. The Morgan fingerprint density at radius 1 is 1.07 bits per heavy atom. The average Bonchev–Trinajstić information content (AvgIpc) is 3.18. The molecule has 2 amide bonds. The smallest absolute Gasteiger partial charge is 0.272 e. The minimum absolute atomic E-state index is 0.143. The number of hydrogen-bond acceptors (Lipinski definition) is 2. The fourth-order valence-corrected chi connectivity index (χ4v) is 3.82. The van der Waals surface area contributed by atoms with Gasteiger partial charge in [0.15, 0.2) is 0 Å². The molecule has 1 saturated heterocycles. The molecule has 0 radical (unpaired) electrons. The molecule has 0 bridgehead atoms. The Kier molecular flexibility index (Phi) is 4.22. The first-order valence-electron chi connectivity index (χ1n) is 9.22. The molecule has 3 aromatic rings. The molecule has 0 aliphatic carbocycles. The SMILES string of the molecule is Cc1ccc2c(c1)cc(C(=O)Nc1ccc(N3CCCC3=O)c(C)c1)n2C. The fourth-order valence-electron chi connectivity index (χ4n) is 3.82. The number of amides is 2. The summed E-state index contributed by atoms with van der Waals surface area (Å²) in [7, 11) is 1.90. The van der Waals surface area contributed by atoms with E-state index in [1.807, 2.05) is 66.8 Å². The number of benzene rings is 2. The Labute approximate surface area is 158 Å². The minimum Gasteiger partial charge on any atom is -0.340 e. The Hall–Kier alpha value is -3.08. The van der Waals surface area contributed by atoms with Gasteiger partial charge >= 0.3 is 0 Å². The highest BCUT2D eigenvalue weighted by atomic mass is 16.2. The zero-order chi connectivity index (χ0) is 19.1. The third-order valence-electron chi connectivity index (χ3n) is 5.25. The molecule has 5 nitrogen and oxygen atoms in total. The Balaban J connectivity index is 1.59. The molecule has 0 atom stereocenters.